The van der Waals surface area contributed by atoms with Crippen molar-refractivity contribution in [3.63, 3.8) is 0 Å². The molecule has 0 saturated carbocycles. The molecule has 1 fully saturated rings. The maximum atomic E-state index is 12.5. The normalized spacial score (nSPS) is 14.8. The van der Waals surface area contributed by atoms with Crippen LogP contribution in [0.3, 0.4) is 0 Å². The van der Waals surface area contributed by atoms with E-state index in [-0.39, 0.29) is 11.6 Å². The van der Waals surface area contributed by atoms with E-state index >= 15 is 0 Å². The second-order valence-electron chi connectivity index (χ2n) is 7.14. The van der Waals surface area contributed by atoms with Crippen LogP contribution in [0.25, 0.3) is 16.7 Å². The standard InChI is InChI=1S/C20H22N6O3/c27-20(21-8-11-24-9-2-1-3-10-24)15-4-6-18-16(12-15)14-25(23-18)19-7-5-17(13-22-19)26(28)29/h4-7,12-14H,1-3,8-11H2,(H,21,27). The van der Waals surface area contributed by atoms with Gasteiger partial charge in [0.25, 0.3) is 11.6 Å². The van der Waals surface area contributed by atoms with Gasteiger partial charge in [0.1, 0.15) is 6.20 Å². The predicted octanol–water partition coefficient (Wildman–Crippen LogP) is 2.54. The lowest BCUT2D eigenvalue weighted by Crippen LogP contribution is -2.37. The fraction of sp³-hybridized carbons (Fsp3) is 0.350. The van der Waals surface area contributed by atoms with Gasteiger partial charge in [-0.2, -0.15) is 5.10 Å². The van der Waals surface area contributed by atoms with Gasteiger partial charge >= 0.3 is 0 Å². The zero-order chi connectivity index (χ0) is 20.2. The van der Waals surface area contributed by atoms with Crippen LogP contribution >= 0.6 is 0 Å². The first-order valence-corrected chi connectivity index (χ1v) is 9.71. The fourth-order valence-corrected chi connectivity index (χ4v) is 3.52. The van der Waals surface area contributed by atoms with Gasteiger partial charge in [0.2, 0.25) is 0 Å². The maximum Gasteiger partial charge on any atom is 0.287 e. The van der Waals surface area contributed by atoms with Gasteiger partial charge in [0.05, 0.1) is 10.4 Å². The topological polar surface area (TPSA) is 106 Å². The highest BCUT2D eigenvalue weighted by molar-refractivity contribution is 5.97. The molecule has 0 aliphatic carbocycles. The van der Waals surface area contributed by atoms with E-state index < -0.39 is 4.92 Å². The molecule has 150 valence electrons. The Bertz CT molecular complexity index is 1020. The van der Waals surface area contributed by atoms with Gasteiger partial charge in [-0.1, -0.05) is 6.42 Å². The average Bonchev–Trinajstić information content (AvgIpc) is 3.18. The van der Waals surface area contributed by atoms with Crippen molar-refractivity contribution in [1.29, 1.82) is 0 Å². The highest BCUT2D eigenvalue weighted by atomic mass is 16.6. The van der Waals surface area contributed by atoms with Crippen molar-refractivity contribution < 1.29 is 9.72 Å². The van der Waals surface area contributed by atoms with Gasteiger partial charge in [-0.05, 0) is 50.2 Å². The predicted molar refractivity (Wildman–Crippen MR) is 108 cm³/mol. The van der Waals surface area contributed by atoms with E-state index in [1.165, 1.54) is 37.6 Å². The smallest absolute Gasteiger partial charge is 0.287 e. The Morgan fingerprint density at radius 1 is 1.17 bits per heavy atom. The molecule has 29 heavy (non-hydrogen) atoms. The fourth-order valence-electron chi connectivity index (χ4n) is 3.52. The van der Waals surface area contributed by atoms with Crippen LogP contribution in [0.5, 0.6) is 0 Å². The molecule has 1 saturated heterocycles. The van der Waals surface area contributed by atoms with Gasteiger partial charge in [-0.25, -0.2) is 9.67 Å². The Hall–Kier alpha value is -3.33. The number of aromatic nitrogens is 3. The third-order valence-corrected chi connectivity index (χ3v) is 5.11. The van der Waals surface area contributed by atoms with Crippen LogP contribution < -0.4 is 5.32 Å². The van der Waals surface area contributed by atoms with Gasteiger partial charge < -0.3 is 10.2 Å². The lowest BCUT2D eigenvalue weighted by Gasteiger charge is -2.26. The van der Waals surface area contributed by atoms with Crippen LogP contribution in [0.2, 0.25) is 0 Å². The van der Waals surface area contributed by atoms with E-state index in [0.717, 1.165) is 30.5 Å². The van der Waals surface area contributed by atoms with E-state index in [9.17, 15) is 14.9 Å². The number of nitrogens with one attached hydrogen (secondary N) is 1. The molecule has 0 atom stereocenters. The minimum Gasteiger partial charge on any atom is -0.351 e. The Kier molecular flexibility index (Phi) is 5.48. The number of nitrogens with zero attached hydrogens (tertiary/aromatic N) is 5. The summed E-state index contributed by atoms with van der Waals surface area (Å²) in [4.78, 5) is 29.2. The summed E-state index contributed by atoms with van der Waals surface area (Å²) in [6, 6.07) is 8.25. The first-order chi connectivity index (χ1) is 14.1. The minimum absolute atomic E-state index is 0.0750. The summed E-state index contributed by atoms with van der Waals surface area (Å²) in [6.45, 7) is 3.72. The van der Waals surface area contributed by atoms with Crippen molar-refractivity contribution >= 4 is 22.5 Å². The van der Waals surface area contributed by atoms with Crippen LogP contribution in [0, 0.1) is 10.1 Å². The molecule has 3 heterocycles. The Morgan fingerprint density at radius 2 is 2.00 bits per heavy atom. The van der Waals surface area contributed by atoms with Gasteiger partial charge in [0, 0.05) is 36.3 Å². The molecule has 1 amide bonds. The maximum absolute atomic E-state index is 12.5. The number of pyridine rings is 1. The highest BCUT2D eigenvalue weighted by Gasteiger charge is 2.13. The Labute approximate surface area is 167 Å². The van der Waals surface area contributed by atoms with E-state index in [0.29, 0.717) is 17.9 Å². The quantitative estimate of drug-likeness (QED) is 0.509. The molecule has 1 N–H and O–H groups in total. The van der Waals surface area contributed by atoms with E-state index in [2.05, 4.69) is 20.3 Å². The molecule has 9 nitrogen and oxygen atoms in total. The van der Waals surface area contributed by atoms with E-state index in [4.69, 9.17) is 0 Å². The highest BCUT2D eigenvalue weighted by Crippen LogP contribution is 2.18. The first-order valence-electron chi connectivity index (χ1n) is 9.71. The van der Waals surface area contributed by atoms with Crippen molar-refractivity contribution in [2.45, 2.75) is 19.3 Å². The van der Waals surface area contributed by atoms with Crippen molar-refractivity contribution in [3.8, 4) is 5.82 Å². The molecule has 0 unspecified atom stereocenters. The number of carbonyl (C=O) groups is 1. The number of amides is 1. The molecule has 3 aromatic rings. The lowest BCUT2D eigenvalue weighted by molar-refractivity contribution is -0.385. The minimum atomic E-state index is -0.494. The van der Waals surface area contributed by atoms with E-state index in [1.807, 2.05) is 0 Å². The van der Waals surface area contributed by atoms with Gasteiger partial charge in [-0.15, -0.1) is 0 Å². The molecule has 0 spiro atoms. The third kappa shape index (κ3) is 4.40. The number of likely N-dealkylation sites (tertiary alicyclic amines) is 1. The van der Waals surface area contributed by atoms with Gasteiger partial charge in [0.15, 0.2) is 5.82 Å². The number of nitro groups is 1. The van der Waals surface area contributed by atoms with Crippen molar-refractivity contribution in [2.75, 3.05) is 26.2 Å². The van der Waals surface area contributed by atoms with Crippen molar-refractivity contribution in [1.82, 2.24) is 25.0 Å². The largest absolute Gasteiger partial charge is 0.351 e. The molecule has 0 radical (unpaired) electrons. The summed E-state index contributed by atoms with van der Waals surface area (Å²) < 4.78 is 1.55. The molecular formula is C20H22N6O3. The Morgan fingerprint density at radius 3 is 2.72 bits per heavy atom. The number of hydrogen-bond acceptors (Lipinski definition) is 6. The second-order valence-corrected chi connectivity index (χ2v) is 7.14. The molecule has 0 bridgehead atoms. The van der Waals surface area contributed by atoms with Crippen LogP contribution in [0.1, 0.15) is 29.6 Å². The summed E-state index contributed by atoms with van der Waals surface area (Å²) in [5.74, 6) is 0.365. The van der Waals surface area contributed by atoms with Crippen LogP contribution in [-0.4, -0.2) is 56.7 Å². The summed E-state index contributed by atoms with van der Waals surface area (Å²) >= 11 is 0. The molecule has 1 aliphatic rings. The van der Waals surface area contributed by atoms with Gasteiger partial charge in [-0.3, -0.25) is 14.9 Å². The lowest BCUT2D eigenvalue weighted by atomic mass is 10.1. The van der Waals surface area contributed by atoms with Crippen LogP contribution in [-0.2, 0) is 0 Å². The molecule has 2 aromatic heterocycles. The third-order valence-electron chi connectivity index (χ3n) is 5.11. The number of carbonyl (C=O) groups excluding carboxylic acids is 1. The van der Waals surface area contributed by atoms with Crippen molar-refractivity contribution in [2.24, 2.45) is 0 Å². The van der Waals surface area contributed by atoms with Crippen LogP contribution in [0.15, 0.2) is 42.7 Å². The SMILES string of the molecule is O=C(NCCN1CCCCC1)c1ccc2nn(-c3ccc([N+](=O)[O-])cn3)cc2c1. The molecule has 4 rings (SSSR count). The summed E-state index contributed by atoms with van der Waals surface area (Å²) in [5, 5.41) is 19.0. The number of benzene rings is 1. The summed E-state index contributed by atoms with van der Waals surface area (Å²) in [5.41, 5.74) is 1.22. The first kappa shape index (κ1) is 19.0. The zero-order valence-corrected chi connectivity index (χ0v) is 16.0. The molecule has 1 aliphatic heterocycles. The summed E-state index contributed by atoms with van der Waals surface area (Å²) in [6.07, 6.45) is 6.72. The monoisotopic (exact) mass is 394 g/mol. The average molecular weight is 394 g/mol. The number of rotatable bonds is 6. The van der Waals surface area contributed by atoms with Crippen molar-refractivity contribution in [3.05, 3.63) is 58.4 Å². The zero-order valence-electron chi connectivity index (χ0n) is 16.0. The Balaban J connectivity index is 1.43. The number of hydrogen-bond donors (Lipinski definition) is 1. The summed E-state index contributed by atoms with van der Waals surface area (Å²) in [7, 11) is 0. The number of piperidine rings is 1. The van der Waals surface area contributed by atoms with E-state index in [1.54, 1.807) is 29.1 Å². The number of fused-ring (bicyclic) bond motifs is 1. The molecule has 1 aromatic carbocycles. The second kappa shape index (κ2) is 8.36. The molecular weight excluding hydrogens is 372 g/mol. The molecule has 9 heteroatoms. The van der Waals surface area contributed by atoms with Crippen LogP contribution in [0.4, 0.5) is 5.69 Å².